The lowest BCUT2D eigenvalue weighted by atomic mass is 10.0. The van der Waals surface area contributed by atoms with Crippen LogP contribution in [0.3, 0.4) is 0 Å². The van der Waals surface area contributed by atoms with Gasteiger partial charge in [-0.25, -0.2) is 4.98 Å². The zero-order valence-corrected chi connectivity index (χ0v) is 14.5. The number of thiazole rings is 1. The van der Waals surface area contributed by atoms with Gasteiger partial charge >= 0.3 is 0 Å². The fourth-order valence-corrected chi connectivity index (χ4v) is 3.74. The molecule has 1 aliphatic rings. The second kappa shape index (κ2) is 9.38. The Balaban J connectivity index is 0.00000220. The van der Waals surface area contributed by atoms with E-state index in [2.05, 4.69) is 10.6 Å². The summed E-state index contributed by atoms with van der Waals surface area (Å²) in [4.78, 5) is 18.0. The van der Waals surface area contributed by atoms with Gasteiger partial charge < -0.3 is 10.6 Å². The fourth-order valence-electron chi connectivity index (χ4n) is 2.54. The van der Waals surface area contributed by atoms with Crippen LogP contribution < -0.4 is 10.6 Å². The molecule has 1 amide bonds. The van der Waals surface area contributed by atoms with Crippen LogP contribution in [-0.4, -0.2) is 31.0 Å². The lowest BCUT2D eigenvalue weighted by molar-refractivity contribution is -0.124. The van der Waals surface area contributed by atoms with Crippen molar-refractivity contribution in [2.75, 3.05) is 20.1 Å². The summed E-state index contributed by atoms with van der Waals surface area (Å²) >= 11 is 1.87. The largest absolute Gasteiger partial charge is 0.356 e. The van der Waals surface area contributed by atoms with Gasteiger partial charge in [0.25, 0.3) is 0 Å². The van der Waals surface area contributed by atoms with E-state index in [9.17, 15) is 4.79 Å². The first-order valence-electron chi connectivity index (χ1n) is 7.60. The number of amides is 1. The standard InChI is InChI=1S/C15H25N3OS.ClH/c1-11(10-16-2)15(19)17-9-5-8-14-18-12-6-3-4-7-13(12)20-14;/h11,16H,3-10H2,1-2H3,(H,17,19);1H. The van der Waals surface area contributed by atoms with Gasteiger partial charge in [-0.1, -0.05) is 6.92 Å². The van der Waals surface area contributed by atoms with E-state index in [1.807, 2.05) is 25.3 Å². The normalized spacial score (nSPS) is 15.0. The lowest BCUT2D eigenvalue weighted by Gasteiger charge is -2.10. The molecule has 1 atom stereocenters. The summed E-state index contributed by atoms with van der Waals surface area (Å²) in [6, 6.07) is 0. The molecule has 1 aromatic rings. The van der Waals surface area contributed by atoms with Crippen LogP contribution in [-0.2, 0) is 24.1 Å². The Bertz CT molecular complexity index is 427. The van der Waals surface area contributed by atoms with Crippen LogP contribution in [0.15, 0.2) is 0 Å². The molecule has 0 aromatic carbocycles. The highest BCUT2D eigenvalue weighted by molar-refractivity contribution is 7.11. The maximum absolute atomic E-state index is 11.7. The molecule has 0 aliphatic heterocycles. The Hall–Kier alpha value is -0.650. The maximum atomic E-state index is 11.7. The SMILES string of the molecule is CNCC(C)C(=O)NCCCc1nc2c(s1)CCCC2.Cl. The predicted octanol–water partition coefficient (Wildman–Crippen LogP) is 2.35. The van der Waals surface area contributed by atoms with Gasteiger partial charge in [0.1, 0.15) is 0 Å². The highest BCUT2D eigenvalue weighted by Crippen LogP contribution is 2.27. The van der Waals surface area contributed by atoms with Crippen molar-refractivity contribution in [2.45, 2.75) is 45.4 Å². The second-order valence-corrected chi connectivity index (χ2v) is 6.71. The van der Waals surface area contributed by atoms with E-state index < -0.39 is 0 Å². The quantitative estimate of drug-likeness (QED) is 0.754. The third kappa shape index (κ3) is 5.57. The molecule has 4 nitrogen and oxygen atoms in total. The number of hydrogen-bond donors (Lipinski definition) is 2. The molecule has 2 rings (SSSR count). The Labute approximate surface area is 137 Å². The minimum absolute atomic E-state index is 0. The van der Waals surface area contributed by atoms with E-state index in [1.54, 1.807) is 0 Å². The van der Waals surface area contributed by atoms with Crippen molar-refractivity contribution in [3.8, 4) is 0 Å². The Morgan fingerprint density at radius 2 is 2.14 bits per heavy atom. The van der Waals surface area contributed by atoms with Crippen LogP contribution >= 0.6 is 23.7 Å². The topological polar surface area (TPSA) is 54.0 Å². The number of aromatic nitrogens is 1. The fraction of sp³-hybridized carbons (Fsp3) is 0.733. The second-order valence-electron chi connectivity index (χ2n) is 5.54. The molecular weight excluding hydrogens is 306 g/mol. The maximum Gasteiger partial charge on any atom is 0.224 e. The molecule has 1 aliphatic carbocycles. The summed E-state index contributed by atoms with van der Waals surface area (Å²) in [5.74, 6) is 0.171. The highest BCUT2D eigenvalue weighted by Gasteiger charge is 2.15. The van der Waals surface area contributed by atoms with Crippen LogP contribution in [0.25, 0.3) is 0 Å². The smallest absolute Gasteiger partial charge is 0.224 e. The van der Waals surface area contributed by atoms with Gasteiger partial charge in [0, 0.05) is 30.3 Å². The average Bonchev–Trinajstić information content (AvgIpc) is 2.86. The first kappa shape index (κ1) is 18.4. The summed E-state index contributed by atoms with van der Waals surface area (Å²) < 4.78 is 0. The minimum Gasteiger partial charge on any atom is -0.356 e. The van der Waals surface area contributed by atoms with Crippen LogP contribution in [0.4, 0.5) is 0 Å². The Morgan fingerprint density at radius 3 is 2.86 bits per heavy atom. The molecule has 0 radical (unpaired) electrons. The monoisotopic (exact) mass is 331 g/mol. The molecule has 0 fully saturated rings. The van der Waals surface area contributed by atoms with E-state index in [0.29, 0.717) is 0 Å². The van der Waals surface area contributed by atoms with Crippen molar-refractivity contribution in [1.82, 2.24) is 15.6 Å². The van der Waals surface area contributed by atoms with Crippen molar-refractivity contribution in [3.63, 3.8) is 0 Å². The minimum atomic E-state index is 0. The first-order chi connectivity index (χ1) is 9.70. The first-order valence-corrected chi connectivity index (χ1v) is 8.42. The molecule has 120 valence electrons. The van der Waals surface area contributed by atoms with Crippen LogP contribution in [0.1, 0.15) is 41.8 Å². The number of carbonyl (C=O) groups is 1. The summed E-state index contributed by atoms with van der Waals surface area (Å²) in [6.07, 6.45) is 6.93. The van der Waals surface area contributed by atoms with Gasteiger partial charge in [-0.15, -0.1) is 23.7 Å². The molecule has 1 unspecified atom stereocenters. The Morgan fingerprint density at radius 1 is 1.38 bits per heavy atom. The van der Waals surface area contributed by atoms with E-state index in [1.165, 1.54) is 34.8 Å². The third-order valence-electron chi connectivity index (χ3n) is 3.71. The number of halogens is 1. The number of rotatable bonds is 7. The van der Waals surface area contributed by atoms with Crippen molar-refractivity contribution in [1.29, 1.82) is 0 Å². The summed E-state index contributed by atoms with van der Waals surface area (Å²) in [5, 5.41) is 7.27. The highest BCUT2D eigenvalue weighted by atomic mass is 35.5. The molecule has 0 bridgehead atoms. The zero-order chi connectivity index (χ0) is 14.4. The summed E-state index contributed by atoms with van der Waals surface area (Å²) in [6.45, 7) is 3.42. The van der Waals surface area contributed by atoms with E-state index in [4.69, 9.17) is 4.98 Å². The number of aryl methyl sites for hydroxylation is 3. The molecule has 1 heterocycles. The van der Waals surface area contributed by atoms with E-state index >= 15 is 0 Å². The van der Waals surface area contributed by atoms with E-state index in [0.717, 1.165) is 32.4 Å². The lowest BCUT2D eigenvalue weighted by Crippen LogP contribution is -2.34. The van der Waals surface area contributed by atoms with Gasteiger partial charge in [0.15, 0.2) is 0 Å². The number of hydrogen-bond acceptors (Lipinski definition) is 4. The average molecular weight is 332 g/mol. The molecule has 0 saturated carbocycles. The van der Waals surface area contributed by atoms with Crippen molar-refractivity contribution < 1.29 is 4.79 Å². The van der Waals surface area contributed by atoms with Gasteiger partial charge in [0.2, 0.25) is 5.91 Å². The van der Waals surface area contributed by atoms with E-state index in [-0.39, 0.29) is 24.2 Å². The number of nitrogens with one attached hydrogen (secondary N) is 2. The molecular formula is C15H26ClN3OS. The molecule has 6 heteroatoms. The third-order valence-corrected chi connectivity index (χ3v) is 4.93. The van der Waals surface area contributed by atoms with Crippen LogP contribution in [0.2, 0.25) is 0 Å². The number of fused-ring (bicyclic) bond motifs is 1. The zero-order valence-electron chi connectivity index (χ0n) is 12.9. The molecule has 0 spiro atoms. The van der Waals surface area contributed by atoms with Gasteiger partial charge in [-0.2, -0.15) is 0 Å². The summed E-state index contributed by atoms with van der Waals surface area (Å²) in [7, 11) is 1.87. The number of carbonyl (C=O) groups excluding carboxylic acids is 1. The Kier molecular flexibility index (Phi) is 8.22. The van der Waals surface area contributed by atoms with Crippen molar-refractivity contribution >= 4 is 29.7 Å². The molecule has 21 heavy (non-hydrogen) atoms. The van der Waals surface area contributed by atoms with Crippen molar-refractivity contribution in [2.24, 2.45) is 5.92 Å². The van der Waals surface area contributed by atoms with Crippen LogP contribution in [0, 0.1) is 5.92 Å². The van der Waals surface area contributed by atoms with Gasteiger partial charge in [-0.05, 0) is 39.2 Å². The predicted molar refractivity (Wildman–Crippen MR) is 90.4 cm³/mol. The van der Waals surface area contributed by atoms with Gasteiger partial charge in [-0.3, -0.25) is 4.79 Å². The molecule has 1 aromatic heterocycles. The molecule has 2 N–H and O–H groups in total. The molecule has 0 saturated heterocycles. The van der Waals surface area contributed by atoms with Gasteiger partial charge in [0.05, 0.1) is 10.7 Å². The van der Waals surface area contributed by atoms with Crippen LogP contribution in [0.5, 0.6) is 0 Å². The van der Waals surface area contributed by atoms with Crippen molar-refractivity contribution in [3.05, 3.63) is 15.6 Å². The summed E-state index contributed by atoms with van der Waals surface area (Å²) in [5.41, 5.74) is 1.34. The number of nitrogens with zero attached hydrogens (tertiary/aromatic N) is 1.